The Morgan fingerprint density at radius 1 is 1.22 bits per heavy atom. The van der Waals surface area contributed by atoms with E-state index in [4.69, 9.17) is 0 Å². The van der Waals surface area contributed by atoms with Crippen LogP contribution in [0.2, 0.25) is 0 Å². The van der Waals surface area contributed by atoms with Crippen molar-refractivity contribution in [2.24, 2.45) is 0 Å². The van der Waals surface area contributed by atoms with Gasteiger partial charge in [-0.2, -0.15) is 0 Å². The number of amides is 1. The van der Waals surface area contributed by atoms with Crippen molar-refractivity contribution in [3.8, 4) is 0 Å². The number of rotatable bonds is 2. The molecule has 1 saturated heterocycles. The highest BCUT2D eigenvalue weighted by molar-refractivity contribution is 9.10. The fourth-order valence-electron chi connectivity index (χ4n) is 2.12. The van der Waals surface area contributed by atoms with Crippen LogP contribution in [0.1, 0.15) is 41.6 Å². The smallest absolute Gasteiger partial charge is 0.264 e. The van der Waals surface area contributed by atoms with Gasteiger partial charge >= 0.3 is 0 Å². The first kappa shape index (κ1) is 13.5. The minimum absolute atomic E-state index is 0.127. The predicted molar refractivity (Wildman–Crippen MR) is 68.9 cm³/mol. The number of nitrogens with zero attached hydrogens (tertiary/aromatic N) is 1. The molecule has 0 atom stereocenters. The molecule has 1 aliphatic rings. The van der Waals surface area contributed by atoms with Gasteiger partial charge in [0.2, 0.25) is 0 Å². The zero-order valence-corrected chi connectivity index (χ0v) is 11.4. The van der Waals surface area contributed by atoms with Crippen LogP contribution in [-0.4, -0.2) is 23.9 Å². The van der Waals surface area contributed by atoms with E-state index in [9.17, 15) is 13.6 Å². The minimum Gasteiger partial charge on any atom is -0.339 e. The van der Waals surface area contributed by atoms with E-state index in [0.29, 0.717) is 10.0 Å². The molecule has 5 heteroatoms. The van der Waals surface area contributed by atoms with Gasteiger partial charge in [-0.3, -0.25) is 4.79 Å². The Hall–Kier alpha value is -0.970. The Bertz CT molecular complexity index is 445. The van der Waals surface area contributed by atoms with E-state index in [1.807, 2.05) is 0 Å². The normalized spacial score (nSPS) is 16.1. The largest absolute Gasteiger partial charge is 0.339 e. The summed E-state index contributed by atoms with van der Waals surface area (Å²) >= 11 is 3.07. The summed E-state index contributed by atoms with van der Waals surface area (Å²) in [6.45, 7) is 1.44. The summed E-state index contributed by atoms with van der Waals surface area (Å²) in [6.07, 6.45) is 0.536. The molecule has 0 aliphatic carbocycles. The second kappa shape index (κ2) is 5.78. The van der Waals surface area contributed by atoms with Crippen LogP contribution in [0.4, 0.5) is 8.78 Å². The number of alkyl halides is 2. The summed E-state index contributed by atoms with van der Waals surface area (Å²) in [5, 5.41) is 0. The Morgan fingerprint density at radius 3 is 2.50 bits per heavy atom. The molecule has 2 rings (SSSR count). The lowest BCUT2D eigenvalue weighted by molar-refractivity contribution is 0.0724. The Labute approximate surface area is 113 Å². The first-order chi connectivity index (χ1) is 8.59. The summed E-state index contributed by atoms with van der Waals surface area (Å²) in [5.74, 6) is -0.149. The van der Waals surface area contributed by atoms with E-state index >= 15 is 0 Å². The van der Waals surface area contributed by atoms with Crippen molar-refractivity contribution in [1.29, 1.82) is 0 Å². The highest BCUT2D eigenvalue weighted by Gasteiger charge is 2.20. The highest BCUT2D eigenvalue weighted by Crippen LogP contribution is 2.28. The number of halogens is 3. The van der Waals surface area contributed by atoms with Gasteiger partial charge in [-0.05, 0) is 37.5 Å². The maximum Gasteiger partial charge on any atom is 0.264 e. The first-order valence-corrected chi connectivity index (χ1v) is 6.76. The van der Waals surface area contributed by atoms with Crippen LogP contribution in [0.25, 0.3) is 0 Å². The van der Waals surface area contributed by atoms with Gasteiger partial charge < -0.3 is 4.90 Å². The lowest BCUT2D eigenvalue weighted by Crippen LogP contribution is -2.35. The topological polar surface area (TPSA) is 20.3 Å². The molecule has 98 valence electrons. The summed E-state index contributed by atoms with van der Waals surface area (Å²) in [5.41, 5.74) is 0.216. The van der Waals surface area contributed by atoms with Crippen LogP contribution in [0.3, 0.4) is 0 Å². The maximum absolute atomic E-state index is 12.8. The molecule has 1 amide bonds. The van der Waals surface area contributed by atoms with Gasteiger partial charge in [0.15, 0.2) is 0 Å². The molecule has 0 aromatic heterocycles. The average molecular weight is 318 g/mol. The molecule has 18 heavy (non-hydrogen) atoms. The molecule has 1 fully saturated rings. The summed E-state index contributed by atoms with van der Waals surface area (Å²) in [7, 11) is 0. The third-order valence-electron chi connectivity index (χ3n) is 3.12. The number of carbonyl (C=O) groups excluding carboxylic acids is 1. The van der Waals surface area contributed by atoms with Crippen molar-refractivity contribution < 1.29 is 13.6 Å². The van der Waals surface area contributed by atoms with Crippen molar-refractivity contribution >= 4 is 21.8 Å². The molecular formula is C13H14BrF2NO. The molecule has 1 aliphatic heterocycles. The highest BCUT2D eigenvalue weighted by atomic mass is 79.9. The van der Waals surface area contributed by atoms with E-state index < -0.39 is 6.43 Å². The van der Waals surface area contributed by atoms with Crippen LogP contribution in [0, 0.1) is 0 Å². The minimum atomic E-state index is -2.58. The summed E-state index contributed by atoms with van der Waals surface area (Å²) < 4.78 is 25.9. The standard InChI is InChI=1S/C13H14BrF2NO/c14-11-5-4-9(8-10(11)12(15)16)13(18)17-6-2-1-3-7-17/h4-5,8,12H,1-3,6-7H2. The van der Waals surface area contributed by atoms with Gasteiger partial charge in [0, 0.05) is 28.7 Å². The number of piperidine rings is 1. The van der Waals surface area contributed by atoms with E-state index in [-0.39, 0.29) is 11.5 Å². The lowest BCUT2D eigenvalue weighted by atomic mass is 10.1. The summed E-state index contributed by atoms with van der Waals surface area (Å²) in [4.78, 5) is 13.9. The van der Waals surface area contributed by atoms with Gasteiger partial charge in [0.1, 0.15) is 0 Å². The molecule has 0 saturated carbocycles. The van der Waals surface area contributed by atoms with Crippen molar-refractivity contribution in [3.05, 3.63) is 33.8 Å². The molecule has 2 nitrogen and oxygen atoms in total. The molecule has 0 radical (unpaired) electrons. The lowest BCUT2D eigenvalue weighted by Gasteiger charge is -2.27. The number of hydrogen-bond acceptors (Lipinski definition) is 1. The van der Waals surface area contributed by atoms with Crippen LogP contribution >= 0.6 is 15.9 Å². The number of carbonyl (C=O) groups is 1. The third-order valence-corrected chi connectivity index (χ3v) is 3.84. The van der Waals surface area contributed by atoms with Crippen molar-refractivity contribution in [3.63, 3.8) is 0 Å². The van der Waals surface area contributed by atoms with E-state index in [1.165, 1.54) is 12.1 Å². The van der Waals surface area contributed by atoms with Gasteiger partial charge in [-0.25, -0.2) is 8.78 Å². The van der Waals surface area contributed by atoms with Gasteiger partial charge in [-0.15, -0.1) is 0 Å². The fourth-order valence-corrected chi connectivity index (χ4v) is 2.54. The Morgan fingerprint density at radius 2 is 1.89 bits per heavy atom. The third kappa shape index (κ3) is 2.88. The van der Waals surface area contributed by atoms with Crippen molar-refractivity contribution in [2.75, 3.05) is 13.1 Å². The van der Waals surface area contributed by atoms with Gasteiger partial charge in [-0.1, -0.05) is 15.9 Å². The Kier molecular flexibility index (Phi) is 4.32. The quantitative estimate of drug-likeness (QED) is 0.807. The molecule has 0 bridgehead atoms. The maximum atomic E-state index is 12.8. The zero-order chi connectivity index (χ0) is 13.1. The van der Waals surface area contributed by atoms with Crippen LogP contribution in [-0.2, 0) is 0 Å². The van der Waals surface area contributed by atoms with E-state index in [2.05, 4.69) is 15.9 Å². The van der Waals surface area contributed by atoms with Crippen LogP contribution in [0.5, 0.6) is 0 Å². The fraction of sp³-hybridized carbons (Fsp3) is 0.462. The molecule has 1 aromatic carbocycles. The number of benzene rings is 1. The SMILES string of the molecule is O=C(c1ccc(Br)c(C(F)F)c1)N1CCCCC1. The molecule has 0 spiro atoms. The van der Waals surface area contributed by atoms with Crippen LogP contribution < -0.4 is 0 Å². The Balaban J connectivity index is 2.22. The second-order valence-electron chi connectivity index (χ2n) is 4.39. The van der Waals surface area contributed by atoms with Crippen molar-refractivity contribution in [1.82, 2.24) is 4.90 Å². The molecule has 0 N–H and O–H groups in total. The average Bonchev–Trinajstić information content (AvgIpc) is 2.39. The molecular weight excluding hydrogens is 304 g/mol. The predicted octanol–water partition coefficient (Wildman–Crippen LogP) is 4.01. The monoisotopic (exact) mass is 317 g/mol. The van der Waals surface area contributed by atoms with Gasteiger partial charge in [0.05, 0.1) is 0 Å². The number of hydrogen-bond donors (Lipinski definition) is 0. The number of likely N-dealkylation sites (tertiary alicyclic amines) is 1. The van der Waals surface area contributed by atoms with E-state index in [1.54, 1.807) is 11.0 Å². The molecule has 0 unspecified atom stereocenters. The molecule has 1 aromatic rings. The second-order valence-corrected chi connectivity index (χ2v) is 5.24. The van der Waals surface area contributed by atoms with Crippen LogP contribution in [0.15, 0.2) is 22.7 Å². The van der Waals surface area contributed by atoms with Crippen molar-refractivity contribution in [2.45, 2.75) is 25.7 Å². The first-order valence-electron chi connectivity index (χ1n) is 5.96. The zero-order valence-electron chi connectivity index (χ0n) is 9.83. The van der Waals surface area contributed by atoms with Gasteiger partial charge in [0.25, 0.3) is 12.3 Å². The molecule has 1 heterocycles. The summed E-state index contributed by atoms with van der Waals surface area (Å²) in [6, 6.07) is 4.39. The van der Waals surface area contributed by atoms with E-state index in [0.717, 1.165) is 32.4 Å².